The molecule has 18 heavy (non-hydrogen) atoms. The maximum atomic E-state index is 10.6. The van der Waals surface area contributed by atoms with Crippen LogP contribution >= 0.6 is 0 Å². The van der Waals surface area contributed by atoms with Gasteiger partial charge < -0.3 is 10.9 Å². The van der Waals surface area contributed by atoms with Gasteiger partial charge in [0.1, 0.15) is 18.1 Å². The van der Waals surface area contributed by atoms with Crippen LogP contribution in [0.4, 0.5) is 5.69 Å². The summed E-state index contributed by atoms with van der Waals surface area (Å²) < 4.78 is 1.23. The largest absolute Gasteiger partial charge is 0.409 e. The number of oxime groups is 1. The highest BCUT2D eigenvalue weighted by Gasteiger charge is 2.14. The Kier molecular flexibility index (Phi) is 2.87. The predicted molar refractivity (Wildman–Crippen MR) is 60.5 cm³/mol. The highest BCUT2D eigenvalue weighted by molar-refractivity contribution is 5.98. The van der Waals surface area contributed by atoms with Crippen molar-refractivity contribution in [3.8, 4) is 5.69 Å². The van der Waals surface area contributed by atoms with E-state index in [2.05, 4.69) is 15.2 Å². The molecule has 0 aromatic carbocycles. The average molecular weight is 248 g/mol. The molecule has 0 saturated carbocycles. The Balaban J connectivity index is 2.53. The minimum Gasteiger partial charge on any atom is -0.409 e. The highest BCUT2D eigenvalue weighted by atomic mass is 16.6. The fourth-order valence-corrected chi connectivity index (χ4v) is 1.37. The summed E-state index contributed by atoms with van der Waals surface area (Å²) in [5.41, 5.74) is 5.85. The van der Waals surface area contributed by atoms with Gasteiger partial charge in [0.05, 0.1) is 10.6 Å². The number of nitrogens with two attached hydrogens (primary N) is 1. The molecule has 0 saturated heterocycles. The number of aromatic nitrogens is 3. The molecule has 9 heteroatoms. The number of nitro groups is 1. The zero-order valence-electron chi connectivity index (χ0n) is 8.96. The van der Waals surface area contributed by atoms with Crippen molar-refractivity contribution in [3.05, 3.63) is 46.5 Å². The van der Waals surface area contributed by atoms with Gasteiger partial charge in [-0.2, -0.15) is 5.10 Å². The van der Waals surface area contributed by atoms with E-state index in [0.29, 0.717) is 5.69 Å². The molecule has 0 unspecified atom stereocenters. The fraction of sp³-hybridized carbons (Fsp3) is 0. The summed E-state index contributed by atoms with van der Waals surface area (Å²) in [5.74, 6) is -0.205. The van der Waals surface area contributed by atoms with Gasteiger partial charge in [0, 0.05) is 6.20 Å². The average Bonchev–Trinajstić information content (AvgIpc) is 2.87. The smallest absolute Gasteiger partial charge is 0.307 e. The van der Waals surface area contributed by atoms with Crippen LogP contribution < -0.4 is 5.73 Å². The second kappa shape index (κ2) is 4.49. The van der Waals surface area contributed by atoms with Crippen molar-refractivity contribution < 1.29 is 10.1 Å². The van der Waals surface area contributed by atoms with Gasteiger partial charge in [-0.15, -0.1) is 0 Å². The van der Waals surface area contributed by atoms with Gasteiger partial charge in [-0.25, -0.2) is 4.68 Å². The van der Waals surface area contributed by atoms with Crippen LogP contribution in [0.2, 0.25) is 0 Å². The molecule has 92 valence electrons. The van der Waals surface area contributed by atoms with Crippen LogP contribution in [-0.2, 0) is 0 Å². The lowest BCUT2D eigenvalue weighted by atomic mass is 10.3. The van der Waals surface area contributed by atoms with Crippen LogP contribution in [0.15, 0.2) is 35.9 Å². The zero-order valence-corrected chi connectivity index (χ0v) is 8.96. The van der Waals surface area contributed by atoms with E-state index in [1.165, 1.54) is 17.1 Å². The fourth-order valence-electron chi connectivity index (χ4n) is 1.37. The molecule has 0 aliphatic carbocycles. The van der Waals surface area contributed by atoms with Gasteiger partial charge in [0.15, 0.2) is 5.84 Å². The molecule has 0 amide bonds. The summed E-state index contributed by atoms with van der Waals surface area (Å²) in [6.45, 7) is 0. The summed E-state index contributed by atoms with van der Waals surface area (Å²) in [4.78, 5) is 13.9. The van der Waals surface area contributed by atoms with E-state index in [1.54, 1.807) is 12.1 Å². The predicted octanol–water partition coefficient (Wildman–Crippen LogP) is 0.270. The molecule has 9 nitrogen and oxygen atoms in total. The molecular formula is C9H8N6O3. The third-order valence-corrected chi connectivity index (χ3v) is 2.16. The van der Waals surface area contributed by atoms with Gasteiger partial charge in [0.25, 0.3) is 0 Å². The lowest BCUT2D eigenvalue weighted by molar-refractivity contribution is -0.384. The third kappa shape index (κ3) is 1.96. The van der Waals surface area contributed by atoms with Crippen molar-refractivity contribution >= 4 is 11.5 Å². The number of nitrogens with zero attached hydrogens (tertiary/aromatic N) is 5. The first kappa shape index (κ1) is 11.5. The molecule has 0 radical (unpaired) electrons. The molecule has 2 rings (SSSR count). The molecule has 2 heterocycles. The number of pyridine rings is 1. The molecule has 0 aliphatic rings. The van der Waals surface area contributed by atoms with Gasteiger partial charge >= 0.3 is 5.69 Å². The van der Waals surface area contributed by atoms with Gasteiger partial charge in [-0.05, 0) is 12.1 Å². The number of hydrogen-bond acceptors (Lipinski definition) is 6. The second-order valence-corrected chi connectivity index (χ2v) is 3.26. The van der Waals surface area contributed by atoms with Crippen LogP contribution in [-0.4, -0.2) is 30.7 Å². The molecular weight excluding hydrogens is 240 g/mol. The SMILES string of the molecule is N/C(=N/O)c1ncccc1-n1cc([N+](=O)[O-])cn1. The van der Waals surface area contributed by atoms with Crippen molar-refractivity contribution in [2.24, 2.45) is 10.9 Å². The summed E-state index contributed by atoms with van der Waals surface area (Å²) in [6.07, 6.45) is 3.77. The van der Waals surface area contributed by atoms with Crippen LogP contribution in [0, 0.1) is 10.1 Å². The summed E-state index contributed by atoms with van der Waals surface area (Å²) in [5, 5.41) is 25.9. The van der Waals surface area contributed by atoms with Gasteiger partial charge in [-0.3, -0.25) is 15.1 Å². The maximum absolute atomic E-state index is 10.6. The molecule has 0 aliphatic heterocycles. The van der Waals surface area contributed by atoms with E-state index in [4.69, 9.17) is 10.9 Å². The topological polar surface area (TPSA) is 132 Å². The van der Waals surface area contributed by atoms with E-state index in [-0.39, 0.29) is 17.2 Å². The van der Waals surface area contributed by atoms with Crippen molar-refractivity contribution in [3.63, 3.8) is 0 Å². The molecule has 0 atom stereocenters. The van der Waals surface area contributed by atoms with Gasteiger partial charge in [0.2, 0.25) is 0 Å². The first-order valence-corrected chi connectivity index (χ1v) is 4.76. The standard InChI is InChI=1S/C9H8N6O3/c10-9(13-16)8-7(2-1-3-11-8)14-5-6(4-12-14)15(17)18/h1-5,16H,(H2,10,13). The lowest BCUT2D eigenvalue weighted by Gasteiger charge is -2.05. The van der Waals surface area contributed by atoms with Crippen molar-refractivity contribution in [1.29, 1.82) is 0 Å². The van der Waals surface area contributed by atoms with E-state index >= 15 is 0 Å². The monoisotopic (exact) mass is 248 g/mol. The maximum Gasteiger partial charge on any atom is 0.307 e. The summed E-state index contributed by atoms with van der Waals surface area (Å²) >= 11 is 0. The Bertz CT molecular complexity index is 620. The molecule has 2 aromatic heterocycles. The molecule has 0 bridgehead atoms. The van der Waals surface area contributed by atoms with Crippen molar-refractivity contribution in [1.82, 2.24) is 14.8 Å². The molecule has 0 spiro atoms. The molecule has 3 N–H and O–H groups in total. The first-order valence-electron chi connectivity index (χ1n) is 4.76. The van der Waals surface area contributed by atoms with Crippen LogP contribution in [0.25, 0.3) is 5.69 Å². The third-order valence-electron chi connectivity index (χ3n) is 2.16. The summed E-state index contributed by atoms with van der Waals surface area (Å²) in [6, 6.07) is 3.20. The van der Waals surface area contributed by atoms with E-state index in [0.717, 1.165) is 6.20 Å². The van der Waals surface area contributed by atoms with Gasteiger partial charge in [-0.1, -0.05) is 5.16 Å². The second-order valence-electron chi connectivity index (χ2n) is 3.26. The zero-order chi connectivity index (χ0) is 13.1. The Labute approximate surface area is 100 Å². The normalized spacial score (nSPS) is 11.4. The number of rotatable bonds is 3. The Morgan fingerprint density at radius 3 is 3.00 bits per heavy atom. The van der Waals surface area contributed by atoms with E-state index in [1.807, 2.05) is 0 Å². The van der Waals surface area contributed by atoms with E-state index in [9.17, 15) is 10.1 Å². The first-order chi connectivity index (χ1) is 8.63. The van der Waals surface area contributed by atoms with Crippen molar-refractivity contribution in [2.75, 3.05) is 0 Å². The number of amidine groups is 1. The van der Waals surface area contributed by atoms with E-state index < -0.39 is 4.92 Å². The highest BCUT2D eigenvalue weighted by Crippen LogP contribution is 2.15. The summed E-state index contributed by atoms with van der Waals surface area (Å²) in [7, 11) is 0. The van der Waals surface area contributed by atoms with Crippen molar-refractivity contribution in [2.45, 2.75) is 0 Å². The lowest BCUT2D eigenvalue weighted by Crippen LogP contribution is -2.18. The minimum absolute atomic E-state index is 0.163. The number of hydrogen-bond donors (Lipinski definition) is 2. The van der Waals surface area contributed by atoms with Crippen LogP contribution in [0.5, 0.6) is 0 Å². The van der Waals surface area contributed by atoms with Crippen LogP contribution in [0.1, 0.15) is 5.69 Å². The molecule has 0 fully saturated rings. The minimum atomic E-state index is -0.566. The van der Waals surface area contributed by atoms with Crippen LogP contribution in [0.3, 0.4) is 0 Å². The Morgan fingerprint density at radius 1 is 1.61 bits per heavy atom. The quantitative estimate of drug-likeness (QED) is 0.263. The Morgan fingerprint density at radius 2 is 2.39 bits per heavy atom. The Hall–Kier alpha value is -2.97. The molecule has 2 aromatic rings.